The third kappa shape index (κ3) is 3.08. The summed E-state index contributed by atoms with van der Waals surface area (Å²) in [7, 11) is 0. The number of hydrogen-bond donors (Lipinski definition) is 1. The second-order valence-corrected chi connectivity index (χ2v) is 6.73. The molecule has 5 heteroatoms. The maximum absolute atomic E-state index is 13.9. The Kier molecular flexibility index (Phi) is 4.67. The molecule has 3 aromatic rings. The lowest BCUT2D eigenvalue weighted by Crippen LogP contribution is -2.09. The van der Waals surface area contributed by atoms with Crippen molar-refractivity contribution in [2.45, 2.75) is 33.7 Å². The quantitative estimate of drug-likeness (QED) is 0.648. The maximum Gasteiger partial charge on any atom is 0.141 e. The highest BCUT2D eigenvalue weighted by atomic mass is 35.5. The topological polar surface area (TPSA) is 52.0 Å². The van der Waals surface area contributed by atoms with Gasteiger partial charge in [-0.25, -0.2) is 4.39 Å². The van der Waals surface area contributed by atoms with Gasteiger partial charge in [-0.1, -0.05) is 28.9 Å². The Morgan fingerprint density at radius 2 is 1.84 bits per heavy atom. The average Bonchev–Trinajstić information content (AvgIpc) is 2.88. The highest BCUT2D eigenvalue weighted by molar-refractivity contribution is 6.32. The first-order valence-electron chi connectivity index (χ1n) is 8.09. The van der Waals surface area contributed by atoms with Gasteiger partial charge in [0.2, 0.25) is 0 Å². The zero-order chi connectivity index (χ0) is 18.3. The summed E-state index contributed by atoms with van der Waals surface area (Å²) in [5.41, 5.74) is 12.1. The van der Waals surface area contributed by atoms with Crippen molar-refractivity contribution in [1.29, 1.82) is 0 Å². The van der Waals surface area contributed by atoms with E-state index in [4.69, 9.17) is 21.9 Å². The van der Waals surface area contributed by atoms with Crippen LogP contribution in [0.1, 0.15) is 35.5 Å². The van der Waals surface area contributed by atoms with Gasteiger partial charge >= 0.3 is 0 Å². The first-order chi connectivity index (χ1) is 11.8. The van der Waals surface area contributed by atoms with Gasteiger partial charge in [0.15, 0.2) is 0 Å². The van der Waals surface area contributed by atoms with E-state index in [-0.39, 0.29) is 11.9 Å². The van der Waals surface area contributed by atoms with Gasteiger partial charge in [-0.05, 0) is 73.7 Å². The highest BCUT2D eigenvalue weighted by Crippen LogP contribution is 2.44. The van der Waals surface area contributed by atoms with E-state index in [1.54, 1.807) is 6.07 Å². The first kappa shape index (κ1) is 17.6. The fraction of sp³-hybridized carbons (Fsp3) is 0.250. The second kappa shape index (κ2) is 6.62. The van der Waals surface area contributed by atoms with Crippen LogP contribution in [0.5, 0.6) is 0 Å². The number of aryl methyl sites for hydroxylation is 2. The molecule has 0 amide bonds. The van der Waals surface area contributed by atoms with Gasteiger partial charge in [-0.15, -0.1) is 0 Å². The molecule has 130 valence electrons. The normalized spacial score (nSPS) is 12.4. The Hall–Kier alpha value is -2.17. The Morgan fingerprint density at radius 3 is 2.40 bits per heavy atom. The lowest BCUT2D eigenvalue weighted by molar-refractivity contribution is 0.393. The number of aromatic nitrogens is 1. The van der Waals surface area contributed by atoms with Crippen LogP contribution in [0.4, 0.5) is 4.39 Å². The number of nitrogens with two attached hydrogens (primary N) is 1. The molecule has 1 aromatic heterocycles. The van der Waals surface area contributed by atoms with Crippen molar-refractivity contribution in [1.82, 2.24) is 5.16 Å². The van der Waals surface area contributed by atoms with Crippen LogP contribution in [0.3, 0.4) is 0 Å². The maximum atomic E-state index is 13.9. The smallest absolute Gasteiger partial charge is 0.141 e. The van der Waals surface area contributed by atoms with Crippen LogP contribution in [0, 0.1) is 26.6 Å². The number of halogens is 2. The molecular weight excluding hydrogens is 339 g/mol. The van der Waals surface area contributed by atoms with Crippen molar-refractivity contribution in [2.75, 3.05) is 0 Å². The summed E-state index contributed by atoms with van der Waals surface area (Å²) in [6.45, 7) is 7.57. The van der Waals surface area contributed by atoms with E-state index >= 15 is 0 Å². The van der Waals surface area contributed by atoms with Crippen LogP contribution in [-0.2, 0) is 0 Å². The van der Waals surface area contributed by atoms with E-state index in [9.17, 15) is 4.39 Å². The van der Waals surface area contributed by atoms with E-state index < -0.39 is 0 Å². The minimum absolute atomic E-state index is 0.268. The highest BCUT2D eigenvalue weighted by Gasteiger charge is 2.24. The van der Waals surface area contributed by atoms with E-state index in [0.717, 1.165) is 39.1 Å². The molecule has 0 radical (unpaired) electrons. The number of benzene rings is 2. The largest absolute Gasteiger partial charge is 0.361 e. The molecule has 0 aliphatic rings. The minimum Gasteiger partial charge on any atom is -0.361 e. The molecule has 0 bridgehead atoms. The summed E-state index contributed by atoms with van der Waals surface area (Å²) in [4.78, 5) is 0. The minimum atomic E-state index is -0.301. The molecule has 0 saturated heterocycles. The molecule has 1 heterocycles. The molecule has 1 unspecified atom stereocenters. The summed E-state index contributed by atoms with van der Waals surface area (Å²) >= 11 is 6.49. The molecule has 25 heavy (non-hydrogen) atoms. The Bertz CT molecular complexity index is 928. The summed E-state index contributed by atoms with van der Waals surface area (Å²) in [6.07, 6.45) is 0. The molecule has 0 fully saturated rings. The molecule has 0 saturated carbocycles. The van der Waals surface area contributed by atoms with Gasteiger partial charge in [0, 0.05) is 16.6 Å². The number of rotatable bonds is 3. The summed E-state index contributed by atoms with van der Waals surface area (Å²) in [6, 6.07) is 8.10. The molecule has 2 aromatic carbocycles. The van der Waals surface area contributed by atoms with Crippen LogP contribution in [0.15, 0.2) is 34.9 Å². The van der Waals surface area contributed by atoms with Crippen LogP contribution < -0.4 is 5.73 Å². The molecule has 0 aliphatic carbocycles. The fourth-order valence-electron chi connectivity index (χ4n) is 3.23. The van der Waals surface area contributed by atoms with Crippen LogP contribution in [0.2, 0.25) is 5.02 Å². The van der Waals surface area contributed by atoms with E-state index in [1.165, 1.54) is 12.1 Å². The van der Waals surface area contributed by atoms with Crippen molar-refractivity contribution in [2.24, 2.45) is 5.73 Å². The van der Waals surface area contributed by atoms with E-state index in [1.807, 2.05) is 39.8 Å². The standard InChI is InChI=1S/C20H20ClFN2O/c1-10-17(21)9-16(11(2)23)20(14-6-5-7-15(22)8-14)18(10)19-12(3)24-25-13(19)4/h5-9,11H,23H2,1-4H3. The zero-order valence-electron chi connectivity index (χ0n) is 14.7. The van der Waals surface area contributed by atoms with Crippen molar-refractivity contribution < 1.29 is 8.91 Å². The van der Waals surface area contributed by atoms with Gasteiger partial charge in [0.25, 0.3) is 0 Å². The zero-order valence-corrected chi connectivity index (χ0v) is 15.4. The summed E-state index contributed by atoms with van der Waals surface area (Å²) < 4.78 is 19.3. The van der Waals surface area contributed by atoms with Crippen LogP contribution >= 0.6 is 11.6 Å². The molecule has 0 spiro atoms. The second-order valence-electron chi connectivity index (χ2n) is 6.32. The monoisotopic (exact) mass is 358 g/mol. The first-order valence-corrected chi connectivity index (χ1v) is 8.46. The van der Waals surface area contributed by atoms with E-state index in [0.29, 0.717) is 10.8 Å². The lowest BCUT2D eigenvalue weighted by atomic mass is 9.85. The molecule has 3 nitrogen and oxygen atoms in total. The Labute approximate surface area is 151 Å². The summed E-state index contributed by atoms with van der Waals surface area (Å²) in [5.74, 6) is 0.390. The predicted octanol–water partition coefficient (Wildman–Crippen LogP) is 5.75. The van der Waals surface area contributed by atoms with Gasteiger partial charge in [0.05, 0.1) is 5.69 Å². The van der Waals surface area contributed by atoms with Crippen molar-refractivity contribution >= 4 is 11.6 Å². The average molecular weight is 359 g/mol. The van der Waals surface area contributed by atoms with Crippen molar-refractivity contribution in [3.8, 4) is 22.3 Å². The molecule has 2 N–H and O–H groups in total. The van der Waals surface area contributed by atoms with Crippen molar-refractivity contribution in [3.05, 3.63) is 63.8 Å². The third-order valence-corrected chi connectivity index (χ3v) is 4.83. The van der Waals surface area contributed by atoms with Gasteiger partial charge < -0.3 is 10.3 Å². The van der Waals surface area contributed by atoms with Gasteiger partial charge in [-0.2, -0.15) is 0 Å². The van der Waals surface area contributed by atoms with Crippen LogP contribution in [0.25, 0.3) is 22.3 Å². The predicted molar refractivity (Wildman–Crippen MR) is 99.2 cm³/mol. The van der Waals surface area contributed by atoms with Crippen LogP contribution in [-0.4, -0.2) is 5.16 Å². The Morgan fingerprint density at radius 1 is 1.12 bits per heavy atom. The van der Waals surface area contributed by atoms with Gasteiger partial charge in [-0.3, -0.25) is 0 Å². The molecule has 3 rings (SSSR count). The van der Waals surface area contributed by atoms with Gasteiger partial charge in [0.1, 0.15) is 11.6 Å². The molecule has 0 aliphatic heterocycles. The molecule has 1 atom stereocenters. The SMILES string of the molecule is Cc1noc(C)c1-c1c(C)c(Cl)cc(C(C)N)c1-c1cccc(F)c1. The number of nitrogens with zero attached hydrogens (tertiary/aromatic N) is 1. The fourth-order valence-corrected chi connectivity index (χ4v) is 3.45. The Balaban J connectivity index is 2.48. The van der Waals surface area contributed by atoms with E-state index in [2.05, 4.69) is 5.16 Å². The molecular formula is C20H20ClFN2O. The van der Waals surface area contributed by atoms with Crippen molar-refractivity contribution in [3.63, 3.8) is 0 Å². The lowest BCUT2D eigenvalue weighted by Gasteiger charge is -2.21. The summed E-state index contributed by atoms with van der Waals surface area (Å²) in [5, 5.41) is 4.68. The number of hydrogen-bond acceptors (Lipinski definition) is 3. The third-order valence-electron chi connectivity index (χ3n) is 4.44.